The van der Waals surface area contributed by atoms with E-state index in [-0.39, 0.29) is 0 Å². The third kappa shape index (κ3) is 1.80. The highest BCUT2D eigenvalue weighted by Crippen LogP contribution is 2.03. The number of ether oxygens (including phenoxy) is 1. The average molecular weight is 211 g/mol. The molecule has 0 aromatic carbocycles. The van der Waals surface area contributed by atoms with Crippen molar-refractivity contribution in [3.05, 3.63) is 16.6 Å². The van der Waals surface area contributed by atoms with Gasteiger partial charge in [0, 0.05) is 6.20 Å². The van der Waals surface area contributed by atoms with Crippen molar-refractivity contribution in [2.45, 2.75) is 0 Å². The Labute approximate surface area is 85.8 Å². The maximum absolute atomic E-state index is 7.78. The first kappa shape index (κ1) is 9.29. The van der Waals surface area contributed by atoms with Gasteiger partial charge in [0.2, 0.25) is 0 Å². The van der Waals surface area contributed by atoms with Crippen molar-refractivity contribution < 1.29 is 9.31 Å². The molecule has 1 fully saturated rings. The second-order valence-corrected chi connectivity index (χ2v) is 3.90. The average Bonchev–Trinajstić information content (AvgIpc) is 2.66. The van der Waals surface area contributed by atoms with Gasteiger partial charge in [-0.1, -0.05) is 0 Å². The zero-order valence-corrected chi connectivity index (χ0v) is 8.62. The molecule has 1 N–H and O–H groups in total. The van der Waals surface area contributed by atoms with Crippen molar-refractivity contribution in [3.63, 3.8) is 0 Å². The monoisotopic (exact) mass is 211 g/mol. The molecule has 2 heterocycles. The number of hydrogen-bond acceptors (Lipinski definition) is 4. The summed E-state index contributed by atoms with van der Waals surface area (Å²) in [6.07, 6.45) is 3.64. The van der Waals surface area contributed by atoms with E-state index in [9.17, 15) is 0 Å². The quantitative estimate of drug-likeness (QED) is 0.683. The minimum atomic E-state index is 0.432. The van der Waals surface area contributed by atoms with E-state index in [0.717, 1.165) is 4.88 Å². The molecule has 1 aliphatic heterocycles. The summed E-state index contributed by atoms with van der Waals surface area (Å²) in [5.41, 5.74) is 1.77. The molecule has 1 saturated heterocycles. The molecule has 2 rings (SSSR count). The van der Waals surface area contributed by atoms with Crippen molar-refractivity contribution in [3.8, 4) is 0 Å². The Hall–Kier alpha value is -1.27. The van der Waals surface area contributed by atoms with Crippen LogP contribution in [0.1, 0.15) is 4.88 Å². The lowest BCUT2D eigenvalue weighted by Crippen LogP contribution is -2.44. The molecule has 14 heavy (non-hydrogen) atoms. The highest BCUT2D eigenvalue weighted by Gasteiger charge is 2.22. The number of thiazole rings is 1. The molecule has 0 radical (unpaired) electrons. The van der Waals surface area contributed by atoms with Crippen molar-refractivity contribution in [2.24, 2.45) is 0 Å². The summed E-state index contributed by atoms with van der Waals surface area (Å²) in [5, 5.41) is 7.78. The van der Waals surface area contributed by atoms with Gasteiger partial charge in [-0.3, -0.25) is 4.98 Å². The first-order valence-electron chi connectivity index (χ1n) is 4.15. The Morgan fingerprint density at radius 1 is 1.79 bits per heavy atom. The van der Waals surface area contributed by atoms with Gasteiger partial charge >= 0.3 is 5.96 Å². The van der Waals surface area contributed by atoms with Crippen molar-refractivity contribution in [1.29, 1.82) is 5.41 Å². The summed E-state index contributed by atoms with van der Waals surface area (Å²) in [6.45, 7) is 0.910. The third-order valence-electron chi connectivity index (χ3n) is 1.88. The van der Waals surface area contributed by atoms with E-state index in [1.54, 1.807) is 32.5 Å². The Morgan fingerprint density at radius 2 is 2.64 bits per heavy atom. The molecule has 1 aromatic heterocycles. The van der Waals surface area contributed by atoms with Gasteiger partial charge in [-0.15, -0.1) is 16.7 Å². The standard InChI is InChI=1S/C8H11N4OS/c1-11-5-13-6-12(8(11)9)3-7-2-10-4-14-7/h2-4,9H,5-6H2,1H3/q+1. The largest absolute Gasteiger partial charge is 0.389 e. The molecule has 0 amide bonds. The third-order valence-corrected chi connectivity index (χ3v) is 2.59. The molecule has 0 atom stereocenters. The lowest BCUT2D eigenvalue weighted by Gasteiger charge is -2.21. The molecule has 0 spiro atoms. The lowest BCUT2D eigenvalue weighted by molar-refractivity contribution is -0.490. The summed E-state index contributed by atoms with van der Waals surface area (Å²) >= 11 is 1.54. The van der Waals surface area contributed by atoms with Crippen molar-refractivity contribution in [2.75, 3.05) is 20.5 Å². The molecule has 0 unspecified atom stereocenters. The molecule has 0 bridgehead atoms. The van der Waals surface area contributed by atoms with E-state index in [4.69, 9.17) is 10.1 Å². The van der Waals surface area contributed by atoms with E-state index >= 15 is 0 Å². The van der Waals surface area contributed by atoms with Crippen LogP contribution in [-0.2, 0) is 4.74 Å². The summed E-state index contributed by atoms with van der Waals surface area (Å²) in [6, 6.07) is 0. The molecular formula is C8H11N4OS+. The number of nitrogens with one attached hydrogen (secondary N) is 1. The highest BCUT2D eigenvalue weighted by molar-refractivity contribution is 7.11. The fourth-order valence-corrected chi connectivity index (χ4v) is 1.71. The van der Waals surface area contributed by atoms with Gasteiger partial charge in [0.15, 0.2) is 13.5 Å². The number of nitrogens with zero attached hydrogens (tertiary/aromatic N) is 3. The Morgan fingerprint density at radius 3 is 3.36 bits per heavy atom. The van der Waals surface area contributed by atoms with Crippen LogP contribution in [0.5, 0.6) is 0 Å². The van der Waals surface area contributed by atoms with Crippen LogP contribution in [0.4, 0.5) is 0 Å². The Balaban J connectivity index is 2.21. The summed E-state index contributed by atoms with van der Waals surface area (Å²) < 4.78 is 7.02. The van der Waals surface area contributed by atoms with Gasteiger partial charge in [-0.05, 0) is 0 Å². The van der Waals surface area contributed by atoms with Crippen LogP contribution >= 0.6 is 11.3 Å². The topological polar surface area (TPSA) is 52.2 Å². The molecule has 1 aromatic rings. The maximum atomic E-state index is 7.78. The van der Waals surface area contributed by atoms with Gasteiger partial charge in [-0.2, -0.15) is 0 Å². The number of hydrogen-bond donors (Lipinski definition) is 1. The van der Waals surface area contributed by atoms with Crippen LogP contribution in [0.15, 0.2) is 11.7 Å². The van der Waals surface area contributed by atoms with E-state index < -0.39 is 0 Å². The summed E-state index contributed by atoms with van der Waals surface area (Å²) in [7, 11) is 1.83. The van der Waals surface area contributed by atoms with Crippen LogP contribution in [-0.4, -0.2) is 47.1 Å². The minimum absolute atomic E-state index is 0.432. The summed E-state index contributed by atoms with van der Waals surface area (Å²) in [5.74, 6) is 0.449. The van der Waals surface area contributed by atoms with E-state index in [2.05, 4.69) is 4.98 Å². The fourth-order valence-electron chi connectivity index (χ4n) is 1.16. The number of rotatable bonds is 1. The predicted molar refractivity (Wildman–Crippen MR) is 53.8 cm³/mol. The summed E-state index contributed by atoms with van der Waals surface area (Å²) in [4.78, 5) is 6.73. The van der Waals surface area contributed by atoms with Crippen LogP contribution in [0.25, 0.3) is 0 Å². The van der Waals surface area contributed by atoms with Gasteiger partial charge in [0.1, 0.15) is 0 Å². The predicted octanol–water partition coefficient (Wildman–Crippen LogP) is 0.386. The first-order chi connectivity index (χ1) is 6.77. The van der Waals surface area contributed by atoms with Gasteiger partial charge in [0.05, 0.1) is 23.6 Å². The molecule has 0 saturated carbocycles. The number of guanidine groups is 1. The van der Waals surface area contributed by atoms with E-state index in [1.165, 1.54) is 0 Å². The molecule has 1 aliphatic rings. The van der Waals surface area contributed by atoms with E-state index in [0.29, 0.717) is 19.4 Å². The molecular weight excluding hydrogens is 200 g/mol. The SMILES string of the molecule is CN1COC/[N+](=C\c2cncs2)C1=N. The Bertz CT molecular complexity index is 359. The molecule has 6 heteroatoms. The molecule has 5 nitrogen and oxygen atoms in total. The molecule has 0 aliphatic carbocycles. The van der Waals surface area contributed by atoms with Gasteiger partial charge in [0.25, 0.3) is 0 Å². The normalized spacial score (nSPS) is 20.5. The fraction of sp³-hybridized carbons (Fsp3) is 0.375. The van der Waals surface area contributed by atoms with Crippen molar-refractivity contribution in [1.82, 2.24) is 9.88 Å². The zero-order chi connectivity index (χ0) is 9.97. The second-order valence-electron chi connectivity index (χ2n) is 2.99. The van der Waals surface area contributed by atoms with Gasteiger partial charge < -0.3 is 4.74 Å². The van der Waals surface area contributed by atoms with Crippen LogP contribution < -0.4 is 0 Å². The smallest absolute Gasteiger partial charge is 0.315 e. The minimum Gasteiger partial charge on any atom is -0.315 e. The van der Waals surface area contributed by atoms with Crippen molar-refractivity contribution >= 4 is 23.5 Å². The second kappa shape index (κ2) is 3.85. The highest BCUT2D eigenvalue weighted by atomic mass is 32.1. The van der Waals surface area contributed by atoms with Crippen LogP contribution in [0, 0.1) is 5.41 Å². The zero-order valence-electron chi connectivity index (χ0n) is 7.80. The van der Waals surface area contributed by atoms with Crippen LogP contribution in [0.2, 0.25) is 0 Å². The Kier molecular flexibility index (Phi) is 2.55. The number of aromatic nitrogens is 1. The maximum Gasteiger partial charge on any atom is 0.389 e. The lowest BCUT2D eigenvalue weighted by atomic mass is 10.5. The first-order valence-corrected chi connectivity index (χ1v) is 5.03. The van der Waals surface area contributed by atoms with E-state index in [1.807, 2.05) is 13.3 Å². The van der Waals surface area contributed by atoms with Crippen LogP contribution in [0.3, 0.4) is 0 Å². The molecule has 74 valence electrons. The van der Waals surface area contributed by atoms with Gasteiger partial charge in [-0.25, -0.2) is 9.48 Å².